The van der Waals surface area contributed by atoms with Crippen LogP contribution in [-0.4, -0.2) is 29.1 Å². The number of rotatable bonds is 8. The molecule has 0 aromatic carbocycles. The van der Waals surface area contributed by atoms with Gasteiger partial charge in [0.15, 0.2) is 0 Å². The molecule has 1 aliphatic carbocycles. The number of fused-ring (bicyclic) bond motifs is 2. The summed E-state index contributed by atoms with van der Waals surface area (Å²) in [7, 11) is 0. The summed E-state index contributed by atoms with van der Waals surface area (Å²) in [4.78, 5) is 24.4. The minimum Gasteiger partial charge on any atom is -0.460 e. The normalized spacial score (nSPS) is 28.8. The average molecular weight is 375 g/mol. The van der Waals surface area contributed by atoms with Gasteiger partial charge in [0.1, 0.15) is 11.9 Å². The number of hydrogen-bond acceptors (Lipinski definition) is 4. The van der Waals surface area contributed by atoms with Crippen molar-refractivity contribution in [1.29, 1.82) is 0 Å². The van der Waals surface area contributed by atoms with Crippen LogP contribution in [0, 0.1) is 5.41 Å². The molecule has 0 aromatic rings. The van der Waals surface area contributed by atoms with Gasteiger partial charge in [0, 0.05) is 18.3 Å². The molecule has 4 heteroatoms. The Balaban J connectivity index is 1.88. The predicted octanol–water partition coefficient (Wildman–Crippen LogP) is 4.82. The summed E-state index contributed by atoms with van der Waals surface area (Å²) in [5, 5.41) is 9.94. The van der Waals surface area contributed by atoms with Crippen LogP contribution < -0.4 is 0 Å². The summed E-state index contributed by atoms with van der Waals surface area (Å²) in [6, 6.07) is 0. The lowest BCUT2D eigenvalue weighted by Gasteiger charge is -2.44. The number of carbonyl (C=O) groups is 2. The topological polar surface area (TPSA) is 63.6 Å². The fourth-order valence-electron chi connectivity index (χ4n) is 3.93. The van der Waals surface area contributed by atoms with Crippen LogP contribution in [0.25, 0.3) is 0 Å². The van der Waals surface area contributed by atoms with Gasteiger partial charge in [-0.15, -0.1) is 0 Å². The van der Waals surface area contributed by atoms with Crippen molar-refractivity contribution >= 4 is 11.8 Å². The molecule has 0 unspecified atom stereocenters. The second kappa shape index (κ2) is 9.50. The van der Waals surface area contributed by atoms with Crippen molar-refractivity contribution in [3.05, 3.63) is 34.9 Å². The molecule has 1 heterocycles. The van der Waals surface area contributed by atoms with Gasteiger partial charge in [0.25, 0.3) is 0 Å². The summed E-state index contributed by atoms with van der Waals surface area (Å²) in [5.74, 6) is -0.360. The monoisotopic (exact) mass is 374 g/mol. The molecule has 0 amide bonds. The van der Waals surface area contributed by atoms with Crippen molar-refractivity contribution in [1.82, 2.24) is 0 Å². The molecule has 2 fully saturated rings. The van der Waals surface area contributed by atoms with E-state index < -0.39 is 17.6 Å². The van der Waals surface area contributed by atoms with Gasteiger partial charge in [-0.3, -0.25) is 9.59 Å². The molecule has 2 bridgehead atoms. The SMILES string of the molecule is CC(C)=CCC/C(C)=C/CC/C(C)=C/C[C@@]12CC(=O)O[C@@H](C1)[C@H](O)CC2=O. The first-order chi connectivity index (χ1) is 12.7. The maximum atomic E-state index is 12.5. The van der Waals surface area contributed by atoms with Crippen LogP contribution in [-0.2, 0) is 14.3 Å². The zero-order valence-electron chi connectivity index (χ0n) is 17.2. The lowest BCUT2D eigenvalue weighted by Crippen LogP contribution is -2.53. The van der Waals surface area contributed by atoms with E-state index in [-0.39, 0.29) is 24.6 Å². The van der Waals surface area contributed by atoms with Crippen molar-refractivity contribution in [2.24, 2.45) is 5.41 Å². The predicted molar refractivity (Wildman–Crippen MR) is 107 cm³/mol. The van der Waals surface area contributed by atoms with Crippen molar-refractivity contribution in [3.8, 4) is 0 Å². The van der Waals surface area contributed by atoms with Crippen LogP contribution in [0.1, 0.15) is 79.1 Å². The minimum atomic E-state index is -0.848. The fourth-order valence-corrected chi connectivity index (χ4v) is 3.93. The molecular weight excluding hydrogens is 340 g/mol. The number of esters is 1. The Morgan fingerprint density at radius 2 is 1.70 bits per heavy atom. The molecule has 1 N–H and O–H groups in total. The first-order valence-electron chi connectivity index (χ1n) is 10.1. The maximum absolute atomic E-state index is 12.5. The third kappa shape index (κ3) is 6.17. The molecule has 1 saturated carbocycles. The highest BCUT2D eigenvalue weighted by Gasteiger charge is 2.52. The number of carbonyl (C=O) groups excluding carboxylic acids is 2. The van der Waals surface area contributed by atoms with Crippen LogP contribution >= 0.6 is 0 Å². The molecule has 0 radical (unpaired) electrons. The largest absolute Gasteiger partial charge is 0.460 e. The summed E-state index contributed by atoms with van der Waals surface area (Å²) >= 11 is 0. The van der Waals surface area contributed by atoms with Gasteiger partial charge in [0.05, 0.1) is 12.5 Å². The van der Waals surface area contributed by atoms with Crippen molar-refractivity contribution < 1.29 is 19.4 Å². The van der Waals surface area contributed by atoms with Crippen LogP contribution in [0.3, 0.4) is 0 Å². The highest BCUT2D eigenvalue weighted by atomic mass is 16.6. The van der Waals surface area contributed by atoms with Crippen LogP contribution in [0.15, 0.2) is 34.9 Å². The van der Waals surface area contributed by atoms with E-state index in [2.05, 4.69) is 45.9 Å². The number of hydrogen-bond donors (Lipinski definition) is 1. The summed E-state index contributed by atoms with van der Waals surface area (Å²) < 4.78 is 5.21. The smallest absolute Gasteiger partial charge is 0.307 e. The Morgan fingerprint density at radius 1 is 1.07 bits per heavy atom. The minimum absolute atomic E-state index is 0.00182. The third-order valence-electron chi connectivity index (χ3n) is 5.74. The second-order valence-corrected chi connectivity index (χ2v) is 8.55. The van der Waals surface area contributed by atoms with E-state index in [1.54, 1.807) is 0 Å². The fraction of sp³-hybridized carbons (Fsp3) is 0.652. The molecule has 1 saturated heterocycles. The third-order valence-corrected chi connectivity index (χ3v) is 5.74. The number of allylic oxidation sites excluding steroid dienone is 6. The molecule has 1 aliphatic heterocycles. The zero-order valence-corrected chi connectivity index (χ0v) is 17.2. The van der Waals surface area contributed by atoms with E-state index in [0.29, 0.717) is 12.8 Å². The Morgan fingerprint density at radius 3 is 2.37 bits per heavy atom. The van der Waals surface area contributed by atoms with Crippen LogP contribution in [0.5, 0.6) is 0 Å². The number of aliphatic hydroxyl groups excluding tert-OH is 1. The van der Waals surface area contributed by atoms with E-state index in [1.165, 1.54) is 16.7 Å². The van der Waals surface area contributed by atoms with E-state index in [4.69, 9.17) is 4.74 Å². The quantitative estimate of drug-likeness (QED) is 0.489. The van der Waals surface area contributed by atoms with Crippen LogP contribution in [0.4, 0.5) is 0 Å². The van der Waals surface area contributed by atoms with E-state index >= 15 is 0 Å². The standard InChI is InChI=1S/C23H34O4/c1-16(2)7-5-8-17(3)9-6-10-18(4)11-12-23-14-20(27-22(26)15-23)19(24)13-21(23)25/h7,9,11,19-20,24H,5-6,8,10,12-15H2,1-4H3/b17-9+,18-11+/t19-,20+,23+/m1/s1. The molecule has 150 valence electrons. The van der Waals surface area contributed by atoms with Gasteiger partial charge >= 0.3 is 5.97 Å². The number of Topliss-reactive ketones (excluding diaryl/α,β-unsaturated/α-hetero) is 1. The molecule has 2 rings (SSSR count). The Kier molecular flexibility index (Phi) is 7.60. The molecule has 3 atom stereocenters. The lowest BCUT2D eigenvalue weighted by atomic mass is 9.65. The van der Waals surface area contributed by atoms with Gasteiger partial charge < -0.3 is 9.84 Å². The van der Waals surface area contributed by atoms with E-state index in [0.717, 1.165) is 25.7 Å². The van der Waals surface area contributed by atoms with Crippen LogP contribution in [0.2, 0.25) is 0 Å². The molecule has 2 aliphatic rings. The lowest BCUT2D eigenvalue weighted by molar-refractivity contribution is -0.183. The van der Waals surface area contributed by atoms with E-state index in [9.17, 15) is 14.7 Å². The summed E-state index contributed by atoms with van der Waals surface area (Å²) in [5.41, 5.74) is 3.34. The van der Waals surface area contributed by atoms with Crippen molar-refractivity contribution in [3.63, 3.8) is 0 Å². The van der Waals surface area contributed by atoms with Gasteiger partial charge in [-0.05, 0) is 59.8 Å². The number of ether oxygens (including phenoxy) is 1. The van der Waals surface area contributed by atoms with E-state index in [1.807, 2.05) is 0 Å². The number of ketones is 1. The molecule has 4 nitrogen and oxygen atoms in total. The Hall–Kier alpha value is -1.68. The highest BCUT2D eigenvalue weighted by Crippen LogP contribution is 2.45. The molecule has 27 heavy (non-hydrogen) atoms. The summed E-state index contributed by atoms with van der Waals surface area (Å²) in [6.45, 7) is 8.51. The van der Waals surface area contributed by atoms with Crippen molar-refractivity contribution in [2.45, 2.75) is 91.3 Å². The zero-order chi connectivity index (χ0) is 20.0. The average Bonchev–Trinajstić information content (AvgIpc) is 2.58. The highest BCUT2D eigenvalue weighted by molar-refractivity contribution is 5.91. The first-order valence-corrected chi connectivity index (χ1v) is 10.1. The van der Waals surface area contributed by atoms with Gasteiger partial charge in [-0.25, -0.2) is 0 Å². The van der Waals surface area contributed by atoms with Gasteiger partial charge in [-0.1, -0.05) is 34.9 Å². The Labute approximate surface area is 163 Å². The first kappa shape index (κ1) is 21.6. The Bertz CT molecular complexity index is 651. The molecule has 0 aromatic heterocycles. The molecule has 0 spiro atoms. The van der Waals surface area contributed by atoms with Gasteiger partial charge in [0.2, 0.25) is 0 Å². The number of aliphatic hydroxyl groups is 1. The summed E-state index contributed by atoms with van der Waals surface area (Å²) in [6.07, 6.45) is 10.7. The molecular formula is C23H34O4. The van der Waals surface area contributed by atoms with Gasteiger partial charge in [-0.2, -0.15) is 0 Å². The second-order valence-electron chi connectivity index (χ2n) is 8.55. The van der Waals surface area contributed by atoms with Crippen molar-refractivity contribution in [2.75, 3.05) is 0 Å². The maximum Gasteiger partial charge on any atom is 0.307 e.